The molecule has 2 atom stereocenters. The van der Waals surface area contributed by atoms with E-state index in [1.54, 1.807) is 6.08 Å². The number of hydrogen-bond acceptors (Lipinski definition) is 3. The molecule has 0 radical (unpaired) electrons. The summed E-state index contributed by atoms with van der Waals surface area (Å²) in [6.07, 6.45) is 4.13. The smallest absolute Gasteiger partial charge is 0.308 e. The molecule has 1 saturated heterocycles. The molecule has 0 bridgehead atoms. The van der Waals surface area contributed by atoms with Crippen LogP contribution in [0.3, 0.4) is 0 Å². The Hall–Kier alpha value is -2.63. The quantitative estimate of drug-likeness (QED) is 0.820. The van der Waals surface area contributed by atoms with Gasteiger partial charge in [0.15, 0.2) is 0 Å². The average molecular weight is 330 g/mol. The Balaban J connectivity index is 2.10. The van der Waals surface area contributed by atoms with E-state index in [4.69, 9.17) is 0 Å². The minimum absolute atomic E-state index is 0.156. The first kappa shape index (κ1) is 17.7. The number of carbonyl (C=O) groups excluding carboxylic acids is 2. The van der Waals surface area contributed by atoms with Gasteiger partial charge in [-0.3, -0.25) is 14.4 Å². The lowest BCUT2D eigenvalue weighted by Gasteiger charge is -2.24. The number of amides is 2. The predicted molar refractivity (Wildman–Crippen MR) is 90.0 cm³/mol. The molecule has 128 valence electrons. The van der Waals surface area contributed by atoms with Crippen LogP contribution >= 0.6 is 0 Å². The molecule has 1 aliphatic heterocycles. The standard InChI is InChI=1S/C18H22N2O4/c1-13(21)19-16-9-8-15(18(23)24)11-20(12-16)17(22)10-7-14-5-3-2-4-6-14/h2-7,10,15-16H,8-9,11-12H2,1H3,(H,19,21)(H,23,24)/b10-7+/t15-,16+/m0/s1. The van der Waals surface area contributed by atoms with E-state index in [9.17, 15) is 19.5 Å². The van der Waals surface area contributed by atoms with E-state index >= 15 is 0 Å². The van der Waals surface area contributed by atoms with Crippen LogP contribution in [-0.2, 0) is 14.4 Å². The Morgan fingerprint density at radius 2 is 1.88 bits per heavy atom. The van der Waals surface area contributed by atoms with Gasteiger partial charge in [-0.05, 0) is 24.5 Å². The predicted octanol–water partition coefficient (Wildman–Crippen LogP) is 1.53. The monoisotopic (exact) mass is 330 g/mol. The van der Waals surface area contributed by atoms with E-state index in [1.165, 1.54) is 17.9 Å². The fourth-order valence-electron chi connectivity index (χ4n) is 2.82. The molecule has 1 aromatic carbocycles. The van der Waals surface area contributed by atoms with Gasteiger partial charge in [0.2, 0.25) is 11.8 Å². The minimum Gasteiger partial charge on any atom is -0.481 e. The summed E-state index contributed by atoms with van der Waals surface area (Å²) in [6.45, 7) is 1.89. The number of nitrogens with one attached hydrogen (secondary N) is 1. The highest BCUT2D eigenvalue weighted by Crippen LogP contribution is 2.18. The molecule has 6 nitrogen and oxygen atoms in total. The maximum Gasteiger partial charge on any atom is 0.308 e. The van der Waals surface area contributed by atoms with Gasteiger partial charge in [-0.2, -0.15) is 0 Å². The van der Waals surface area contributed by atoms with E-state index in [0.29, 0.717) is 19.4 Å². The van der Waals surface area contributed by atoms with Crippen molar-refractivity contribution in [3.05, 3.63) is 42.0 Å². The molecule has 0 aromatic heterocycles. The number of hydrogen-bond donors (Lipinski definition) is 2. The largest absolute Gasteiger partial charge is 0.481 e. The maximum atomic E-state index is 12.5. The second kappa shape index (κ2) is 8.29. The fraction of sp³-hybridized carbons (Fsp3) is 0.389. The molecule has 1 heterocycles. The average Bonchev–Trinajstić information content (AvgIpc) is 2.76. The summed E-state index contributed by atoms with van der Waals surface area (Å²) >= 11 is 0. The van der Waals surface area contributed by atoms with Gasteiger partial charge in [-0.1, -0.05) is 30.3 Å². The second-order valence-corrected chi connectivity index (χ2v) is 6.00. The number of rotatable bonds is 4. The first-order valence-corrected chi connectivity index (χ1v) is 7.97. The third-order valence-corrected chi connectivity index (χ3v) is 4.03. The lowest BCUT2D eigenvalue weighted by Crippen LogP contribution is -2.44. The zero-order valence-corrected chi connectivity index (χ0v) is 13.6. The molecular weight excluding hydrogens is 308 g/mol. The van der Waals surface area contributed by atoms with Crippen LogP contribution < -0.4 is 5.32 Å². The Bertz CT molecular complexity index is 627. The molecule has 2 amide bonds. The molecule has 1 fully saturated rings. The van der Waals surface area contributed by atoms with Crippen LogP contribution in [0.5, 0.6) is 0 Å². The van der Waals surface area contributed by atoms with E-state index < -0.39 is 11.9 Å². The molecule has 0 saturated carbocycles. The van der Waals surface area contributed by atoms with Crippen molar-refractivity contribution in [3.63, 3.8) is 0 Å². The summed E-state index contributed by atoms with van der Waals surface area (Å²) in [5.41, 5.74) is 0.897. The maximum absolute atomic E-state index is 12.5. The van der Waals surface area contributed by atoms with Gasteiger partial charge in [0.05, 0.1) is 5.92 Å². The molecule has 24 heavy (non-hydrogen) atoms. The number of benzene rings is 1. The summed E-state index contributed by atoms with van der Waals surface area (Å²) in [6, 6.07) is 9.19. The van der Waals surface area contributed by atoms with Gasteiger partial charge in [-0.25, -0.2) is 0 Å². The first-order valence-electron chi connectivity index (χ1n) is 7.97. The van der Waals surface area contributed by atoms with Crippen LogP contribution in [0, 0.1) is 5.92 Å². The Morgan fingerprint density at radius 1 is 1.17 bits per heavy atom. The van der Waals surface area contributed by atoms with E-state index in [0.717, 1.165) is 5.56 Å². The molecule has 2 rings (SSSR count). The van der Waals surface area contributed by atoms with Crippen molar-refractivity contribution in [3.8, 4) is 0 Å². The van der Waals surface area contributed by atoms with E-state index in [2.05, 4.69) is 5.32 Å². The summed E-state index contributed by atoms with van der Waals surface area (Å²) in [4.78, 5) is 36.6. The third kappa shape index (κ3) is 5.22. The van der Waals surface area contributed by atoms with Gasteiger partial charge in [0, 0.05) is 32.1 Å². The summed E-state index contributed by atoms with van der Waals surface area (Å²) < 4.78 is 0. The van der Waals surface area contributed by atoms with Crippen LogP contribution in [0.2, 0.25) is 0 Å². The summed E-state index contributed by atoms with van der Waals surface area (Å²) in [5, 5.41) is 12.1. The van der Waals surface area contributed by atoms with Gasteiger partial charge in [-0.15, -0.1) is 0 Å². The van der Waals surface area contributed by atoms with Crippen LogP contribution in [0.25, 0.3) is 6.08 Å². The first-order chi connectivity index (χ1) is 11.5. The lowest BCUT2D eigenvalue weighted by atomic mass is 10.0. The summed E-state index contributed by atoms with van der Waals surface area (Å²) in [7, 11) is 0. The molecule has 0 aliphatic carbocycles. The highest BCUT2D eigenvalue weighted by molar-refractivity contribution is 5.92. The second-order valence-electron chi connectivity index (χ2n) is 6.00. The molecule has 0 unspecified atom stereocenters. The molecule has 0 spiro atoms. The topological polar surface area (TPSA) is 86.7 Å². The van der Waals surface area contributed by atoms with E-state index in [1.807, 2.05) is 30.3 Å². The third-order valence-electron chi connectivity index (χ3n) is 4.03. The number of carbonyl (C=O) groups is 3. The van der Waals surface area contributed by atoms with Gasteiger partial charge >= 0.3 is 5.97 Å². The van der Waals surface area contributed by atoms with Crippen molar-refractivity contribution in [2.45, 2.75) is 25.8 Å². The van der Waals surface area contributed by atoms with Crippen LogP contribution in [0.1, 0.15) is 25.3 Å². The Kier molecular flexibility index (Phi) is 6.12. The molecule has 1 aliphatic rings. The number of carboxylic acids is 1. The van der Waals surface area contributed by atoms with Crippen molar-refractivity contribution >= 4 is 23.9 Å². The zero-order valence-electron chi connectivity index (χ0n) is 13.6. The van der Waals surface area contributed by atoms with Crippen molar-refractivity contribution in [1.82, 2.24) is 10.2 Å². The minimum atomic E-state index is -0.914. The Morgan fingerprint density at radius 3 is 2.50 bits per heavy atom. The fourth-order valence-corrected chi connectivity index (χ4v) is 2.82. The number of nitrogens with zero attached hydrogens (tertiary/aromatic N) is 1. The van der Waals surface area contributed by atoms with Crippen molar-refractivity contribution in [1.29, 1.82) is 0 Å². The molecule has 2 N–H and O–H groups in total. The highest BCUT2D eigenvalue weighted by atomic mass is 16.4. The van der Waals surface area contributed by atoms with Crippen LogP contribution in [0.4, 0.5) is 0 Å². The van der Waals surface area contributed by atoms with Crippen molar-refractivity contribution in [2.24, 2.45) is 5.92 Å². The summed E-state index contributed by atoms with van der Waals surface area (Å²) in [5.74, 6) is -1.95. The van der Waals surface area contributed by atoms with Gasteiger partial charge in [0.1, 0.15) is 0 Å². The Labute approximate surface area is 141 Å². The van der Waals surface area contributed by atoms with Crippen LogP contribution in [0.15, 0.2) is 36.4 Å². The van der Waals surface area contributed by atoms with Gasteiger partial charge in [0.25, 0.3) is 0 Å². The molecule has 1 aromatic rings. The van der Waals surface area contributed by atoms with Crippen molar-refractivity contribution < 1.29 is 19.5 Å². The van der Waals surface area contributed by atoms with Crippen LogP contribution in [-0.4, -0.2) is 46.9 Å². The van der Waals surface area contributed by atoms with E-state index in [-0.39, 0.29) is 24.4 Å². The number of likely N-dealkylation sites (tertiary alicyclic amines) is 1. The normalized spacial score (nSPS) is 21.3. The number of aliphatic carboxylic acids is 1. The van der Waals surface area contributed by atoms with Crippen molar-refractivity contribution in [2.75, 3.05) is 13.1 Å². The lowest BCUT2D eigenvalue weighted by molar-refractivity contribution is -0.143. The molecular formula is C18H22N2O4. The van der Waals surface area contributed by atoms with Gasteiger partial charge < -0.3 is 15.3 Å². The SMILES string of the molecule is CC(=O)N[C@@H]1CC[C@H](C(=O)O)CN(C(=O)/C=C/c2ccccc2)C1. The molecule has 6 heteroatoms. The number of carboxylic acid groups (broad SMARTS) is 1. The zero-order chi connectivity index (χ0) is 17.5. The highest BCUT2D eigenvalue weighted by Gasteiger charge is 2.30.